The van der Waals surface area contributed by atoms with Gasteiger partial charge in [0.1, 0.15) is 0 Å². The summed E-state index contributed by atoms with van der Waals surface area (Å²) >= 11 is 0. The summed E-state index contributed by atoms with van der Waals surface area (Å²) < 4.78 is 10.3. The average molecular weight is 296 g/mol. The molecule has 0 spiro atoms. The highest BCUT2D eigenvalue weighted by molar-refractivity contribution is 5.83. The average Bonchev–Trinajstić information content (AvgIpc) is 2.38. The van der Waals surface area contributed by atoms with Crippen LogP contribution in [0.3, 0.4) is 0 Å². The number of carbonyl (C=O) groups excluding carboxylic acids is 1. The van der Waals surface area contributed by atoms with Crippen molar-refractivity contribution in [3.05, 3.63) is 23.8 Å². The van der Waals surface area contributed by atoms with E-state index in [0.29, 0.717) is 12.5 Å². The molecule has 122 valence electrons. The van der Waals surface area contributed by atoms with Gasteiger partial charge in [-0.25, -0.2) is 4.79 Å². The van der Waals surface area contributed by atoms with Gasteiger partial charge in [0.2, 0.25) is 0 Å². The van der Waals surface area contributed by atoms with Crippen LogP contribution in [0.1, 0.15) is 60.3 Å². The molecule has 0 heterocycles. The smallest absolute Gasteiger partial charge is 0.330 e. The molecule has 0 N–H and O–H groups in total. The van der Waals surface area contributed by atoms with Gasteiger partial charge in [-0.15, -0.1) is 0 Å². The third kappa shape index (κ3) is 11.3. The first-order valence-electron chi connectivity index (χ1n) is 7.87. The summed E-state index contributed by atoms with van der Waals surface area (Å²) in [5.41, 5.74) is 0.912. The van der Waals surface area contributed by atoms with Crippen molar-refractivity contribution in [3.63, 3.8) is 0 Å². The van der Waals surface area contributed by atoms with E-state index in [-0.39, 0.29) is 11.6 Å². The highest BCUT2D eigenvalue weighted by Crippen LogP contribution is 2.20. The van der Waals surface area contributed by atoms with Crippen molar-refractivity contribution in [2.45, 2.75) is 65.9 Å². The molecule has 0 amide bonds. The second-order valence-corrected chi connectivity index (χ2v) is 6.24. The minimum absolute atomic E-state index is 0.0193. The highest BCUT2D eigenvalue weighted by atomic mass is 16.5. The molecule has 0 rings (SSSR count). The number of ether oxygens (including phenoxy) is 2. The van der Waals surface area contributed by atoms with Gasteiger partial charge >= 0.3 is 5.97 Å². The maximum Gasteiger partial charge on any atom is 0.330 e. The fourth-order valence-electron chi connectivity index (χ4n) is 2.00. The van der Waals surface area contributed by atoms with Gasteiger partial charge in [-0.2, -0.15) is 0 Å². The molecule has 0 aromatic rings. The van der Waals surface area contributed by atoms with E-state index in [1.165, 1.54) is 18.9 Å². The normalized spacial score (nSPS) is 14.5. The standard InChI is InChI=1S/C18H32O3/c1-7-21-17(19)14-16(3)11-8-10-15(2)12-9-13-18(4,5)20-6/h8,11,14-15H,7,9-10,12-13H2,1-6H3/b11-8+,16-14+. The van der Waals surface area contributed by atoms with Crippen molar-refractivity contribution in [1.29, 1.82) is 0 Å². The molecule has 0 aliphatic carbocycles. The predicted octanol–water partition coefficient (Wildman–Crippen LogP) is 4.67. The Morgan fingerprint density at radius 2 is 2.00 bits per heavy atom. The summed E-state index contributed by atoms with van der Waals surface area (Å²) in [4.78, 5) is 11.3. The van der Waals surface area contributed by atoms with E-state index in [1.54, 1.807) is 7.11 Å². The predicted molar refractivity (Wildman–Crippen MR) is 88.3 cm³/mol. The Balaban J connectivity index is 3.99. The zero-order valence-electron chi connectivity index (χ0n) is 14.6. The fourth-order valence-corrected chi connectivity index (χ4v) is 2.00. The first-order valence-corrected chi connectivity index (χ1v) is 7.87. The maximum absolute atomic E-state index is 11.3. The first-order chi connectivity index (χ1) is 9.80. The van der Waals surface area contributed by atoms with Gasteiger partial charge in [-0.3, -0.25) is 0 Å². The van der Waals surface area contributed by atoms with Crippen molar-refractivity contribution >= 4 is 5.97 Å². The van der Waals surface area contributed by atoms with Crippen LogP contribution in [0.5, 0.6) is 0 Å². The van der Waals surface area contributed by atoms with E-state index < -0.39 is 0 Å². The van der Waals surface area contributed by atoms with E-state index in [4.69, 9.17) is 9.47 Å². The van der Waals surface area contributed by atoms with Gasteiger partial charge in [-0.05, 0) is 52.0 Å². The van der Waals surface area contributed by atoms with Gasteiger partial charge in [0.15, 0.2) is 0 Å². The zero-order valence-corrected chi connectivity index (χ0v) is 14.6. The van der Waals surface area contributed by atoms with E-state index in [1.807, 2.05) is 19.9 Å². The van der Waals surface area contributed by atoms with Crippen LogP contribution < -0.4 is 0 Å². The lowest BCUT2D eigenvalue weighted by molar-refractivity contribution is -0.137. The van der Waals surface area contributed by atoms with Crippen LogP contribution in [-0.4, -0.2) is 25.3 Å². The zero-order chi connectivity index (χ0) is 16.3. The SMILES string of the molecule is CCOC(=O)/C=C(C)/C=C/CC(C)CCCC(C)(C)OC. The van der Waals surface area contributed by atoms with Crippen LogP contribution in [0, 0.1) is 5.92 Å². The Bertz CT molecular complexity index is 353. The molecule has 0 aliphatic heterocycles. The second-order valence-electron chi connectivity index (χ2n) is 6.24. The summed E-state index contributed by atoms with van der Waals surface area (Å²) in [5.74, 6) is 0.374. The quantitative estimate of drug-likeness (QED) is 0.334. The number of esters is 1. The minimum Gasteiger partial charge on any atom is -0.463 e. The molecule has 0 saturated heterocycles. The van der Waals surface area contributed by atoms with Crippen molar-refractivity contribution in [1.82, 2.24) is 0 Å². The van der Waals surface area contributed by atoms with Gasteiger partial charge in [0.25, 0.3) is 0 Å². The lowest BCUT2D eigenvalue weighted by atomic mass is 9.95. The minimum atomic E-state index is -0.269. The maximum atomic E-state index is 11.3. The van der Waals surface area contributed by atoms with Gasteiger partial charge in [-0.1, -0.05) is 31.9 Å². The van der Waals surface area contributed by atoms with E-state index in [9.17, 15) is 4.79 Å². The van der Waals surface area contributed by atoms with Crippen LogP contribution in [0.4, 0.5) is 0 Å². The summed E-state index contributed by atoms with van der Waals surface area (Å²) in [6.07, 6.45) is 10.1. The van der Waals surface area contributed by atoms with Crippen LogP contribution in [-0.2, 0) is 14.3 Å². The van der Waals surface area contributed by atoms with Crippen molar-refractivity contribution in [3.8, 4) is 0 Å². The lowest BCUT2D eigenvalue weighted by Gasteiger charge is -2.23. The topological polar surface area (TPSA) is 35.5 Å². The Morgan fingerprint density at radius 1 is 1.33 bits per heavy atom. The Kier molecular flexibility index (Phi) is 10.1. The van der Waals surface area contributed by atoms with Crippen LogP contribution in [0.2, 0.25) is 0 Å². The van der Waals surface area contributed by atoms with Gasteiger partial charge in [0, 0.05) is 13.2 Å². The third-order valence-electron chi connectivity index (χ3n) is 3.58. The lowest BCUT2D eigenvalue weighted by Crippen LogP contribution is -2.22. The number of methoxy groups -OCH3 is 1. The molecular weight excluding hydrogens is 264 g/mol. The molecule has 0 radical (unpaired) electrons. The number of allylic oxidation sites excluding steroid dienone is 3. The molecular formula is C18H32O3. The molecule has 3 heteroatoms. The van der Waals surface area contributed by atoms with Crippen molar-refractivity contribution in [2.75, 3.05) is 13.7 Å². The molecule has 3 nitrogen and oxygen atoms in total. The number of carbonyl (C=O) groups is 1. The summed E-state index contributed by atoms with van der Waals surface area (Å²) in [6, 6.07) is 0. The largest absolute Gasteiger partial charge is 0.463 e. The monoisotopic (exact) mass is 296 g/mol. The molecule has 1 unspecified atom stereocenters. The first kappa shape index (κ1) is 19.9. The third-order valence-corrected chi connectivity index (χ3v) is 3.58. The van der Waals surface area contributed by atoms with Gasteiger partial charge in [0.05, 0.1) is 12.2 Å². The molecule has 21 heavy (non-hydrogen) atoms. The Hall–Kier alpha value is -1.09. The molecule has 0 saturated carbocycles. The Labute approximate surface area is 130 Å². The number of hydrogen-bond acceptors (Lipinski definition) is 3. The van der Waals surface area contributed by atoms with Gasteiger partial charge < -0.3 is 9.47 Å². The summed E-state index contributed by atoms with van der Waals surface area (Å²) in [7, 11) is 1.77. The molecule has 0 aromatic heterocycles. The van der Waals surface area contributed by atoms with Crippen molar-refractivity contribution < 1.29 is 14.3 Å². The van der Waals surface area contributed by atoms with E-state index in [0.717, 1.165) is 18.4 Å². The molecule has 0 bridgehead atoms. The highest BCUT2D eigenvalue weighted by Gasteiger charge is 2.15. The van der Waals surface area contributed by atoms with Crippen LogP contribution in [0.15, 0.2) is 23.8 Å². The molecule has 0 fully saturated rings. The summed E-state index contributed by atoms with van der Waals surface area (Å²) in [5, 5.41) is 0. The second kappa shape index (κ2) is 10.6. The Morgan fingerprint density at radius 3 is 2.57 bits per heavy atom. The van der Waals surface area contributed by atoms with Crippen LogP contribution >= 0.6 is 0 Å². The summed E-state index contributed by atoms with van der Waals surface area (Å²) in [6.45, 7) is 10.7. The van der Waals surface area contributed by atoms with Crippen LogP contribution in [0.25, 0.3) is 0 Å². The number of hydrogen-bond donors (Lipinski definition) is 0. The number of rotatable bonds is 10. The molecule has 1 atom stereocenters. The fraction of sp³-hybridized carbons (Fsp3) is 0.722. The van der Waals surface area contributed by atoms with E-state index >= 15 is 0 Å². The molecule has 0 aliphatic rings. The molecule has 0 aromatic carbocycles. The van der Waals surface area contributed by atoms with Crippen molar-refractivity contribution in [2.24, 2.45) is 5.92 Å². The van der Waals surface area contributed by atoms with E-state index in [2.05, 4.69) is 26.8 Å².